The first kappa shape index (κ1) is 13.7. The van der Waals surface area contributed by atoms with E-state index in [1.807, 2.05) is 42.7 Å². The maximum Gasteiger partial charge on any atom is 0.115 e. The van der Waals surface area contributed by atoms with E-state index in [2.05, 4.69) is 16.0 Å². The molecule has 1 heterocycles. The Hall–Kier alpha value is -2.26. The quantitative estimate of drug-likeness (QED) is 0.932. The van der Waals surface area contributed by atoms with E-state index in [-0.39, 0.29) is 5.75 Å². The van der Waals surface area contributed by atoms with Crippen LogP contribution >= 0.6 is 11.6 Å². The Kier molecular flexibility index (Phi) is 3.93. The fourth-order valence-electron chi connectivity index (χ4n) is 2.34. The molecule has 0 bridgehead atoms. The maximum absolute atomic E-state index is 9.41. The molecule has 21 heavy (non-hydrogen) atoms. The molecule has 0 unspecified atom stereocenters. The van der Waals surface area contributed by atoms with Crippen molar-refractivity contribution in [1.82, 2.24) is 4.90 Å². The van der Waals surface area contributed by atoms with Gasteiger partial charge in [0.1, 0.15) is 5.75 Å². The summed E-state index contributed by atoms with van der Waals surface area (Å²) in [4.78, 5) is 6.40. The molecule has 0 atom stereocenters. The van der Waals surface area contributed by atoms with Crippen molar-refractivity contribution < 1.29 is 5.11 Å². The highest BCUT2D eigenvalue weighted by Gasteiger charge is 2.13. The molecule has 0 amide bonds. The molecule has 1 aliphatic heterocycles. The smallest absolute Gasteiger partial charge is 0.115 e. The largest absolute Gasteiger partial charge is 0.508 e. The first-order valence-electron chi connectivity index (χ1n) is 6.73. The fraction of sp³-hybridized carbons (Fsp3) is 0.118. The summed E-state index contributed by atoms with van der Waals surface area (Å²) in [6, 6.07) is 15.0. The maximum atomic E-state index is 9.41. The van der Waals surface area contributed by atoms with Gasteiger partial charge in [0.15, 0.2) is 0 Å². The lowest BCUT2D eigenvalue weighted by Gasteiger charge is -2.26. The van der Waals surface area contributed by atoms with Crippen molar-refractivity contribution in [2.45, 2.75) is 6.54 Å². The number of benzene rings is 2. The molecule has 106 valence electrons. The van der Waals surface area contributed by atoms with E-state index in [0.717, 1.165) is 21.8 Å². The summed E-state index contributed by atoms with van der Waals surface area (Å²) >= 11 is 6.04. The van der Waals surface area contributed by atoms with Crippen molar-refractivity contribution >= 4 is 23.6 Å². The Labute approximate surface area is 128 Å². The van der Waals surface area contributed by atoms with Crippen LogP contribution in [-0.4, -0.2) is 22.9 Å². The molecule has 0 spiro atoms. The molecule has 0 aliphatic carbocycles. The lowest BCUT2D eigenvalue weighted by Crippen LogP contribution is -2.22. The standard InChI is InChI=1S/C17H15ClN2O/c18-15-3-1-2-13(10-15)11-20-12-19-9-8-17(20)14-4-6-16(21)7-5-14/h1-8,10,12,21H,9,11H2. The number of hydrogen-bond acceptors (Lipinski definition) is 3. The van der Waals surface area contributed by atoms with Gasteiger partial charge in [0, 0.05) is 17.3 Å². The average Bonchev–Trinajstić information content (AvgIpc) is 2.49. The van der Waals surface area contributed by atoms with Gasteiger partial charge in [-0.25, -0.2) is 0 Å². The second-order valence-electron chi connectivity index (χ2n) is 4.87. The molecule has 3 nitrogen and oxygen atoms in total. The van der Waals surface area contributed by atoms with Crippen LogP contribution < -0.4 is 0 Å². The van der Waals surface area contributed by atoms with Gasteiger partial charge in [-0.05, 0) is 53.6 Å². The van der Waals surface area contributed by atoms with Gasteiger partial charge in [-0.2, -0.15) is 0 Å². The molecule has 2 aromatic carbocycles. The Bertz CT molecular complexity index is 692. The topological polar surface area (TPSA) is 35.8 Å². The molecule has 0 saturated carbocycles. The van der Waals surface area contributed by atoms with E-state index in [0.29, 0.717) is 13.1 Å². The van der Waals surface area contributed by atoms with Gasteiger partial charge in [0.05, 0.1) is 12.9 Å². The van der Waals surface area contributed by atoms with E-state index in [1.165, 1.54) is 0 Å². The molecular formula is C17H15ClN2O. The van der Waals surface area contributed by atoms with Crippen molar-refractivity contribution in [3.63, 3.8) is 0 Å². The van der Waals surface area contributed by atoms with Crippen LogP contribution in [0.2, 0.25) is 5.02 Å². The van der Waals surface area contributed by atoms with Gasteiger partial charge in [0.25, 0.3) is 0 Å². The normalized spacial score (nSPS) is 14.1. The van der Waals surface area contributed by atoms with Crippen LogP contribution in [0.1, 0.15) is 11.1 Å². The van der Waals surface area contributed by atoms with Crippen LogP contribution in [0.3, 0.4) is 0 Å². The van der Waals surface area contributed by atoms with Crippen LogP contribution in [0.25, 0.3) is 5.70 Å². The summed E-state index contributed by atoms with van der Waals surface area (Å²) < 4.78 is 0. The molecule has 2 aromatic rings. The van der Waals surface area contributed by atoms with Gasteiger partial charge in [-0.15, -0.1) is 0 Å². The van der Waals surface area contributed by atoms with Gasteiger partial charge in [0.2, 0.25) is 0 Å². The van der Waals surface area contributed by atoms with Gasteiger partial charge < -0.3 is 10.0 Å². The highest BCUT2D eigenvalue weighted by Crippen LogP contribution is 2.24. The lowest BCUT2D eigenvalue weighted by molar-refractivity contribution is 0.475. The lowest BCUT2D eigenvalue weighted by atomic mass is 10.1. The zero-order valence-corrected chi connectivity index (χ0v) is 12.2. The summed E-state index contributed by atoms with van der Waals surface area (Å²) in [6.45, 7) is 1.37. The van der Waals surface area contributed by atoms with E-state index >= 15 is 0 Å². The number of nitrogens with zero attached hydrogens (tertiary/aromatic N) is 2. The first-order chi connectivity index (χ1) is 10.2. The SMILES string of the molecule is Oc1ccc(C2=CCN=CN2Cc2cccc(Cl)c2)cc1. The number of rotatable bonds is 3. The molecule has 0 fully saturated rings. The van der Waals surface area contributed by atoms with Crippen LogP contribution in [0, 0.1) is 0 Å². The number of phenolic OH excluding ortho intramolecular Hbond substituents is 1. The van der Waals surface area contributed by atoms with Crippen LogP contribution in [0.5, 0.6) is 5.75 Å². The highest BCUT2D eigenvalue weighted by atomic mass is 35.5. The first-order valence-corrected chi connectivity index (χ1v) is 7.11. The molecular weight excluding hydrogens is 284 g/mol. The van der Waals surface area contributed by atoms with Crippen molar-refractivity contribution in [2.24, 2.45) is 4.99 Å². The summed E-state index contributed by atoms with van der Waals surface area (Å²) in [6.07, 6.45) is 3.93. The summed E-state index contributed by atoms with van der Waals surface area (Å²) in [7, 11) is 0. The van der Waals surface area contributed by atoms with Gasteiger partial charge in [-0.3, -0.25) is 4.99 Å². The number of aromatic hydroxyl groups is 1. The van der Waals surface area contributed by atoms with Gasteiger partial charge in [-0.1, -0.05) is 23.7 Å². The monoisotopic (exact) mass is 298 g/mol. The molecule has 4 heteroatoms. The van der Waals surface area contributed by atoms with Crippen molar-refractivity contribution in [3.05, 3.63) is 70.8 Å². The van der Waals surface area contributed by atoms with E-state index in [1.54, 1.807) is 12.1 Å². The summed E-state index contributed by atoms with van der Waals surface area (Å²) in [5.74, 6) is 0.269. The molecule has 1 N–H and O–H groups in total. The molecule has 3 rings (SSSR count). The second kappa shape index (κ2) is 6.02. The number of aliphatic imine (C=N–C) groups is 1. The van der Waals surface area contributed by atoms with Crippen molar-refractivity contribution in [3.8, 4) is 5.75 Å². The van der Waals surface area contributed by atoms with Crippen LogP contribution in [0.15, 0.2) is 59.6 Å². The Morgan fingerprint density at radius 3 is 2.71 bits per heavy atom. The van der Waals surface area contributed by atoms with Crippen LogP contribution in [-0.2, 0) is 6.54 Å². The number of halogens is 1. The minimum absolute atomic E-state index is 0.269. The number of phenols is 1. The third kappa shape index (κ3) is 3.26. The third-order valence-corrected chi connectivity index (χ3v) is 3.56. The van der Waals surface area contributed by atoms with E-state index in [9.17, 15) is 5.11 Å². The van der Waals surface area contributed by atoms with Crippen molar-refractivity contribution in [1.29, 1.82) is 0 Å². The predicted molar refractivity (Wildman–Crippen MR) is 86.4 cm³/mol. The average molecular weight is 299 g/mol. The molecule has 0 aromatic heterocycles. The third-order valence-electron chi connectivity index (χ3n) is 3.33. The van der Waals surface area contributed by atoms with Crippen molar-refractivity contribution in [2.75, 3.05) is 6.54 Å². The summed E-state index contributed by atoms with van der Waals surface area (Å²) in [5, 5.41) is 10.1. The van der Waals surface area contributed by atoms with E-state index in [4.69, 9.17) is 11.6 Å². The summed E-state index contributed by atoms with van der Waals surface area (Å²) in [5.41, 5.74) is 3.27. The Balaban J connectivity index is 1.86. The van der Waals surface area contributed by atoms with E-state index < -0.39 is 0 Å². The molecule has 1 aliphatic rings. The Morgan fingerprint density at radius 2 is 1.95 bits per heavy atom. The zero-order valence-electron chi connectivity index (χ0n) is 11.4. The molecule has 0 radical (unpaired) electrons. The van der Waals surface area contributed by atoms with Gasteiger partial charge >= 0.3 is 0 Å². The Morgan fingerprint density at radius 1 is 1.14 bits per heavy atom. The fourth-order valence-corrected chi connectivity index (χ4v) is 2.55. The predicted octanol–water partition coefficient (Wildman–Crippen LogP) is 3.93. The highest BCUT2D eigenvalue weighted by molar-refractivity contribution is 6.30. The van der Waals surface area contributed by atoms with Crippen LogP contribution in [0.4, 0.5) is 0 Å². The number of hydrogen-bond donors (Lipinski definition) is 1. The zero-order chi connectivity index (χ0) is 14.7. The minimum atomic E-state index is 0.269. The molecule has 0 saturated heterocycles. The minimum Gasteiger partial charge on any atom is -0.508 e. The second-order valence-corrected chi connectivity index (χ2v) is 5.31.